The van der Waals surface area contributed by atoms with E-state index in [1.165, 1.54) is 14.2 Å². The van der Waals surface area contributed by atoms with Crippen LogP contribution in [-0.2, 0) is 19.1 Å². The van der Waals surface area contributed by atoms with Crippen molar-refractivity contribution in [2.75, 3.05) is 14.2 Å². The lowest BCUT2D eigenvalue weighted by Crippen LogP contribution is -2.16. The zero-order chi connectivity index (χ0) is 38.1. The Kier molecular flexibility index (Phi) is 10.2. The van der Waals surface area contributed by atoms with Gasteiger partial charge in [0.05, 0.1) is 36.8 Å². The highest BCUT2D eigenvalue weighted by Crippen LogP contribution is 2.41. The van der Waals surface area contributed by atoms with Crippen molar-refractivity contribution in [3.05, 3.63) is 133 Å². The van der Waals surface area contributed by atoms with Gasteiger partial charge in [-0.3, -0.25) is 9.59 Å². The number of esters is 2. The molecule has 2 amide bonds. The summed E-state index contributed by atoms with van der Waals surface area (Å²) in [5.74, 6) is -1.26. The zero-order valence-corrected chi connectivity index (χ0v) is 31.2. The standard InChI is InChI=1S/C43H42N4O6/c1-9-26-22(3)40(48)46-34(26)19-32-24(5)38(28-15-11-13-17-30(28)42(50)52-7)36(44-32)21-37-39(29-16-12-14-18-31(29)43(51)53-8)25(6)33(45-37)20-35-27(10-2)23(4)41(49)47-35/h11-21,44H,9-10H2,1-8H3,(H,46,48)(H,47,49)/b34-19-,35-20-,37-21-. The van der Waals surface area contributed by atoms with Crippen LogP contribution in [0.5, 0.6) is 0 Å². The van der Waals surface area contributed by atoms with Crippen LogP contribution >= 0.6 is 0 Å². The molecular formula is C43H42N4O6. The molecule has 3 aliphatic rings. The third-order valence-electron chi connectivity index (χ3n) is 10.1. The second kappa shape index (κ2) is 14.7. The van der Waals surface area contributed by atoms with Crippen LogP contribution in [0.15, 0.2) is 105 Å². The first-order valence-electron chi connectivity index (χ1n) is 17.5. The summed E-state index contributed by atoms with van der Waals surface area (Å²) >= 11 is 0. The number of nitrogens with one attached hydrogen (secondary N) is 3. The van der Waals surface area contributed by atoms with Gasteiger partial charge < -0.3 is 25.1 Å². The van der Waals surface area contributed by atoms with Gasteiger partial charge in [0.25, 0.3) is 11.8 Å². The number of carbonyl (C=O) groups excluding carboxylic acids is 4. The van der Waals surface area contributed by atoms with Crippen molar-refractivity contribution in [1.82, 2.24) is 15.6 Å². The molecule has 270 valence electrons. The third-order valence-corrected chi connectivity index (χ3v) is 10.1. The van der Waals surface area contributed by atoms with E-state index in [-0.39, 0.29) is 11.8 Å². The highest BCUT2D eigenvalue weighted by atomic mass is 16.5. The number of rotatable bonds is 9. The Morgan fingerprint density at radius 3 is 1.74 bits per heavy atom. The summed E-state index contributed by atoms with van der Waals surface area (Å²) in [6.07, 6.45) is 7.02. The second-order valence-corrected chi connectivity index (χ2v) is 13.0. The predicted octanol–water partition coefficient (Wildman–Crippen LogP) is 7.77. The van der Waals surface area contributed by atoms with Gasteiger partial charge in [-0.05, 0) is 104 Å². The number of carbonyl (C=O) groups is 4. The minimum absolute atomic E-state index is 0.137. The normalized spacial score (nSPS) is 18.1. The maximum atomic E-state index is 13.1. The number of aromatic amines is 1. The number of hydrogen-bond acceptors (Lipinski definition) is 7. The molecule has 4 heterocycles. The minimum Gasteiger partial charge on any atom is -0.465 e. The Morgan fingerprint density at radius 1 is 0.679 bits per heavy atom. The van der Waals surface area contributed by atoms with Crippen molar-refractivity contribution in [1.29, 1.82) is 0 Å². The van der Waals surface area contributed by atoms with E-state index in [1.54, 1.807) is 24.3 Å². The number of nitrogens with zero attached hydrogens (tertiary/aromatic N) is 1. The van der Waals surface area contributed by atoms with Crippen LogP contribution in [0, 0.1) is 6.92 Å². The summed E-state index contributed by atoms with van der Waals surface area (Å²) < 4.78 is 10.4. The van der Waals surface area contributed by atoms with Crippen molar-refractivity contribution in [3.8, 4) is 11.1 Å². The quantitative estimate of drug-likeness (QED) is 0.194. The van der Waals surface area contributed by atoms with Gasteiger partial charge in [0, 0.05) is 45.1 Å². The number of allylic oxidation sites excluding steroid dienone is 5. The molecule has 0 radical (unpaired) electrons. The van der Waals surface area contributed by atoms with Gasteiger partial charge in [-0.2, -0.15) is 0 Å². The molecule has 0 bridgehead atoms. The molecular weight excluding hydrogens is 668 g/mol. The van der Waals surface area contributed by atoms with Crippen molar-refractivity contribution < 1.29 is 28.7 Å². The Hall–Kier alpha value is -6.29. The van der Waals surface area contributed by atoms with E-state index in [9.17, 15) is 19.2 Å². The fraction of sp³-hybridized carbons (Fsp3) is 0.233. The Morgan fingerprint density at radius 2 is 1.19 bits per heavy atom. The highest BCUT2D eigenvalue weighted by molar-refractivity contribution is 6.21. The van der Waals surface area contributed by atoms with Crippen molar-refractivity contribution >= 4 is 47.2 Å². The van der Waals surface area contributed by atoms with Crippen LogP contribution in [0.25, 0.3) is 28.9 Å². The molecule has 3 N–H and O–H groups in total. The molecule has 1 aromatic heterocycles. The Labute approximate surface area is 308 Å². The summed E-state index contributed by atoms with van der Waals surface area (Å²) in [7, 11) is 2.69. The maximum Gasteiger partial charge on any atom is 0.338 e. The van der Waals surface area contributed by atoms with Crippen molar-refractivity contribution in [2.45, 2.75) is 54.4 Å². The lowest BCUT2D eigenvalue weighted by atomic mass is 9.92. The van der Waals surface area contributed by atoms with E-state index in [0.29, 0.717) is 80.3 Å². The minimum atomic E-state index is -0.493. The smallest absolute Gasteiger partial charge is 0.338 e. The van der Waals surface area contributed by atoms with Gasteiger partial charge in [-0.25, -0.2) is 14.6 Å². The van der Waals surface area contributed by atoms with Gasteiger partial charge in [-0.15, -0.1) is 0 Å². The predicted molar refractivity (Wildman–Crippen MR) is 206 cm³/mol. The molecule has 2 aromatic carbocycles. The first-order valence-corrected chi connectivity index (χ1v) is 17.5. The van der Waals surface area contributed by atoms with Crippen molar-refractivity contribution in [3.63, 3.8) is 0 Å². The SMILES string of the molecule is CCC1=C(C)C(=O)N/C1=C\C1=NC(=C\c2[nH]c(/C=C3\NC(=O)C(C)=C3CC)c(C)c2-c2ccccc2C(=O)OC)/C(c2ccccc2C(=O)OC)=C1C. The number of ether oxygens (including phenoxy) is 2. The van der Waals surface area contributed by atoms with Gasteiger partial charge in [0.1, 0.15) is 0 Å². The first-order chi connectivity index (χ1) is 25.4. The monoisotopic (exact) mass is 710 g/mol. The van der Waals surface area contributed by atoms with E-state index in [4.69, 9.17) is 14.5 Å². The van der Waals surface area contributed by atoms with Crippen LogP contribution in [0.2, 0.25) is 0 Å². The molecule has 0 atom stereocenters. The van der Waals surface area contributed by atoms with Crippen LogP contribution in [-0.4, -0.2) is 48.7 Å². The van der Waals surface area contributed by atoms with Crippen LogP contribution < -0.4 is 10.6 Å². The number of aliphatic imine (C=N–C) groups is 1. The molecule has 0 saturated heterocycles. The molecule has 0 aliphatic carbocycles. The lowest BCUT2D eigenvalue weighted by Gasteiger charge is -2.12. The molecule has 10 nitrogen and oxygen atoms in total. The van der Waals surface area contributed by atoms with Gasteiger partial charge in [0.15, 0.2) is 0 Å². The van der Waals surface area contributed by atoms with E-state index in [1.807, 2.05) is 84.0 Å². The number of methoxy groups -OCH3 is 2. The number of amides is 2. The fourth-order valence-electron chi connectivity index (χ4n) is 7.23. The highest BCUT2D eigenvalue weighted by Gasteiger charge is 2.30. The number of hydrogen-bond donors (Lipinski definition) is 3. The molecule has 3 aliphatic heterocycles. The van der Waals surface area contributed by atoms with Crippen molar-refractivity contribution in [2.24, 2.45) is 4.99 Å². The topological polar surface area (TPSA) is 139 Å². The number of H-pyrrole nitrogens is 1. The van der Waals surface area contributed by atoms with Crippen LogP contribution in [0.3, 0.4) is 0 Å². The molecule has 10 heteroatoms. The van der Waals surface area contributed by atoms with E-state index in [0.717, 1.165) is 33.5 Å². The number of aromatic nitrogens is 1. The maximum absolute atomic E-state index is 13.1. The van der Waals surface area contributed by atoms with Gasteiger partial charge in [0.2, 0.25) is 0 Å². The molecule has 0 spiro atoms. The molecule has 6 rings (SSSR count). The average molecular weight is 711 g/mol. The number of benzene rings is 2. The van der Waals surface area contributed by atoms with E-state index < -0.39 is 11.9 Å². The van der Waals surface area contributed by atoms with Crippen LogP contribution in [0.1, 0.15) is 90.7 Å². The second-order valence-electron chi connectivity index (χ2n) is 13.0. The summed E-state index contributed by atoms with van der Waals surface area (Å²) in [5.41, 5.74) is 12.2. The molecule has 3 aromatic rings. The summed E-state index contributed by atoms with van der Waals surface area (Å²) in [6, 6.07) is 14.4. The summed E-state index contributed by atoms with van der Waals surface area (Å²) in [6.45, 7) is 11.5. The molecule has 0 unspecified atom stereocenters. The Balaban J connectivity index is 1.64. The fourth-order valence-corrected chi connectivity index (χ4v) is 7.23. The Bertz CT molecular complexity index is 2340. The first kappa shape index (κ1) is 36.5. The van der Waals surface area contributed by atoms with Gasteiger partial charge in [-0.1, -0.05) is 50.2 Å². The van der Waals surface area contributed by atoms with Gasteiger partial charge >= 0.3 is 11.9 Å². The molecule has 53 heavy (non-hydrogen) atoms. The third kappa shape index (κ3) is 6.52. The van der Waals surface area contributed by atoms with Crippen LogP contribution in [0.4, 0.5) is 0 Å². The average Bonchev–Trinajstić information content (AvgIpc) is 3.82. The zero-order valence-electron chi connectivity index (χ0n) is 31.2. The molecule has 0 fully saturated rings. The molecule has 0 saturated carbocycles. The lowest BCUT2D eigenvalue weighted by molar-refractivity contribution is -0.117. The summed E-state index contributed by atoms with van der Waals surface area (Å²) in [5, 5.41) is 5.98. The van der Waals surface area contributed by atoms with E-state index in [2.05, 4.69) is 15.6 Å². The largest absolute Gasteiger partial charge is 0.465 e. The van der Waals surface area contributed by atoms with E-state index >= 15 is 0 Å². The summed E-state index contributed by atoms with van der Waals surface area (Å²) in [4.78, 5) is 60.2.